The fourth-order valence-electron chi connectivity index (χ4n) is 2.89. The quantitative estimate of drug-likeness (QED) is 0.837. The smallest absolute Gasteiger partial charge is 0.310 e. The van der Waals surface area contributed by atoms with Gasteiger partial charge in [0.1, 0.15) is 11.6 Å². The summed E-state index contributed by atoms with van der Waals surface area (Å²) in [6.45, 7) is 0. The number of ketones is 1. The van der Waals surface area contributed by atoms with Crippen molar-refractivity contribution >= 4 is 23.4 Å². The third-order valence-electron chi connectivity index (χ3n) is 4.46. The second kappa shape index (κ2) is 6.36. The molecule has 1 N–H and O–H groups in total. The van der Waals surface area contributed by atoms with Gasteiger partial charge in [-0.25, -0.2) is 4.39 Å². The number of carboxylic acids is 1. The zero-order valence-electron chi connectivity index (χ0n) is 12.9. The number of carbonyl (C=O) groups excluding carboxylic acids is 1. The Balaban J connectivity index is 1.89. The fourth-order valence-corrected chi connectivity index (χ4v) is 3.08. The first-order valence-corrected chi connectivity index (χ1v) is 8.07. The van der Waals surface area contributed by atoms with Gasteiger partial charge in [0.2, 0.25) is 0 Å². The lowest BCUT2D eigenvalue weighted by Crippen LogP contribution is -2.20. The van der Waals surface area contributed by atoms with Crippen LogP contribution in [-0.4, -0.2) is 16.9 Å². The topological polar surface area (TPSA) is 54.4 Å². The van der Waals surface area contributed by atoms with E-state index >= 15 is 0 Å². The SMILES string of the molecule is O=C(Cc1cc(Cl)c(F)cc1-c1ccccc1)CC1(C(=O)O)CC1. The van der Waals surface area contributed by atoms with Crippen LogP contribution in [-0.2, 0) is 16.0 Å². The van der Waals surface area contributed by atoms with Gasteiger partial charge in [-0.1, -0.05) is 41.9 Å². The second-order valence-corrected chi connectivity index (χ2v) is 6.67. The molecule has 0 aromatic heterocycles. The van der Waals surface area contributed by atoms with Crippen LogP contribution in [0.25, 0.3) is 11.1 Å². The van der Waals surface area contributed by atoms with E-state index in [0.29, 0.717) is 24.0 Å². The van der Waals surface area contributed by atoms with Crippen molar-refractivity contribution in [2.24, 2.45) is 5.41 Å². The molecule has 0 amide bonds. The largest absolute Gasteiger partial charge is 0.481 e. The molecule has 124 valence electrons. The normalized spacial score (nSPS) is 15.1. The van der Waals surface area contributed by atoms with Gasteiger partial charge in [0, 0.05) is 12.8 Å². The van der Waals surface area contributed by atoms with E-state index in [1.165, 1.54) is 12.1 Å². The number of carbonyl (C=O) groups is 2. The van der Waals surface area contributed by atoms with Crippen molar-refractivity contribution in [3.63, 3.8) is 0 Å². The first kappa shape index (κ1) is 16.7. The minimum Gasteiger partial charge on any atom is -0.481 e. The molecular weight excluding hydrogens is 331 g/mol. The Labute approximate surface area is 144 Å². The van der Waals surface area contributed by atoms with Crippen molar-refractivity contribution in [3.05, 3.63) is 58.9 Å². The highest BCUT2D eigenvalue weighted by atomic mass is 35.5. The number of hydrogen-bond acceptors (Lipinski definition) is 2. The minimum atomic E-state index is -0.920. The van der Waals surface area contributed by atoms with E-state index < -0.39 is 17.2 Å². The highest BCUT2D eigenvalue weighted by Gasteiger charge is 2.51. The van der Waals surface area contributed by atoms with Crippen molar-refractivity contribution < 1.29 is 19.1 Å². The predicted octanol–water partition coefficient (Wildman–Crippen LogP) is 4.51. The third-order valence-corrected chi connectivity index (χ3v) is 4.75. The molecule has 0 bridgehead atoms. The molecule has 3 rings (SSSR count). The lowest BCUT2D eigenvalue weighted by molar-refractivity contribution is -0.145. The number of rotatable bonds is 6. The summed E-state index contributed by atoms with van der Waals surface area (Å²) in [5.41, 5.74) is 1.11. The Morgan fingerprint density at radius 1 is 1.17 bits per heavy atom. The summed E-state index contributed by atoms with van der Waals surface area (Å²) >= 11 is 5.87. The summed E-state index contributed by atoms with van der Waals surface area (Å²) < 4.78 is 13.9. The Morgan fingerprint density at radius 3 is 2.42 bits per heavy atom. The fraction of sp³-hybridized carbons (Fsp3) is 0.263. The van der Waals surface area contributed by atoms with Gasteiger partial charge < -0.3 is 5.11 Å². The Hall–Kier alpha value is -2.20. The Bertz CT molecular complexity index is 798. The van der Waals surface area contributed by atoms with E-state index in [1.807, 2.05) is 30.3 Å². The van der Waals surface area contributed by atoms with E-state index in [0.717, 1.165) is 5.56 Å². The Morgan fingerprint density at radius 2 is 1.83 bits per heavy atom. The predicted molar refractivity (Wildman–Crippen MR) is 89.5 cm³/mol. The van der Waals surface area contributed by atoms with Crippen LogP contribution in [0, 0.1) is 11.2 Å². The van der Waals surface area contributed by atoms with E-state index in [2.05, 4.69) is 0 Å². The van der Waals surface area contributed by atoms with E-state index in [1.54, 1.807) is 0 Å². The molecule has 0 atom stereocenters. The molecule has 2 aromatic carbocycles. The third kappa shape index (κ3) is 3.34. The lowest BCUT2D eigenvalue weighted by Gasteiger charge is -2.13. The van der Waals surface area contributed by atoms with Crippen LogP contribution in [0.1, 0.15) is 24.8 Å². The molecule has 1 saturated carbocycles. The van der Waals surface area contributed by atoms with Gasteiger partial charge >= 0.3 is 5.97 Å². The molecule has 1 fully saturated rings. The van der Waals surface area contributed by atoms with Crippen LogP contribution in [0.15, 0.2) is 42.5 Å². The zero-order valence-corrected chi connectivity index (χ0v) is 13.6. The highest BCUT2D eigenvalue weighted by Crippen LogP contribution is 2.49. The summed E-state index contributed by atoms with van der Waals surface area (Å²) in [5.74, 6) is -1.64. The lowest BCUT2D eigenvalue weighted by atomic mass is 9.92. The van der Waals surface area contributed by atoms with Crippen molar-refractivity contribution in [1.82, 2.24) is 0 Å². The molecule has 0 radical (unpaired) electrons. The first-order chi connectivity index (χ1) is 11.4. The molecule has 3 nitrogen and oxygen atoms in total. The monoisotopic (exact) mass is 346 g/mol. The zero-order chi connectivity index (χ0) is 17.3. The first-order valence-electron chi connectivity index (χ1n) is 7.70. The number of Topliss-reactive ketones (excluding diaryl/α,β-unsaturated/α-hetero) is 1. The average molecular weight is 347 g/mol. The van der Waals surface area contributed by atoms with Gasteiger partial charge in [-0.3, -0.25) is 9.59 Å². The minimum absolute atomic E-state index is 0.00551. The summed E-state index contributed by atoms with van der Waals surface area (Å²) in [6, 6.07) is 12.0. The number of halogens is 2. The van der Waals surface area contributed by atoms with Gasteiger partial charge in [-0.2, -0.15) is 0 Å². The molecule has 0 spiro atoms. The molecule has 0 unspecified atom stereocenters. The van der Waals surface area contributed by atoms with Gasteiger partial charge in [-0.05, 0) is 41.7 Å². The summed E-state index contributed by atoms with van der Waals surface area (Å²) in [6.07, 6.45) is 1.11. The number of hydrogen-bond donors (Lipinski definition) is 1. The maximum atomic E-state index is 13.9. The van der Waals surface area contributed by atoms with Crippen LogP contribution < -0.4 is 0 Å². The maximum Gasteiger partial charge on any atom is 0.310 e. The number of carboxylic acid groups (broad SMARTS) is 1. The molecule has 0 saturated heterocycles. The molecular formula is C19H16ClFO3. The van der Waals surface area contributed by atoms with Crippen LogP contribution in [0.4, 0.5) is 4.39 Å². The summed E-state index contributed by atoms with van der Waals surface area (Å²) in [5, 5.41) is 9.16. The molecule has 0 aliphatic heterocycles. The van der Waals surface area contributed by atoms with Crippen molar-refractivity contribution in [3.8, 4) is 11.1 Å². The average Bonchev–Trinajstić information content (AvgIpc) is 3.32. The van der Waals surface area contributed by atoms with Crippen molar-refractivity contribution in [2.75, 3.05) is 0 Å². The number of aliphatic carboxylic acids is 1. The van der Waals surface area contributed by atoms with Crippen LogP contribution >= 0.6 is 11.6 Å². The standard InChI is InChI=1S/C19H16ClFO3/c20-16-9-13(8-14(22)11-19(6-7-19)18(23)24)15(10-17(16)21)12-4-2-1-3-5-12/h1-5,9-10H,6-8,11H2,(H,23,24). The van der Waals surface area contributed by atoms with Gasteiger partial charge in [0.15, 0.2) is 0 Å². The van der Waals surface area contributed by atoms with Crippen LogP contribution in [0.2, 0.25) is 5.02 Å². The van der Waals surface area contributed by atoms with Crippen molar-refractivity contribution in [1.29, 1.82) is 0 Å². The molecule has 1 aliphatic carbocycles. The highest BCUT2D eigenvalue weighted by molar-refractivity contribution is 6.31. The van der Waals surface area contributed by atoms with Gasteiger partial charge in [0.25, 0.3) is 0 Å². The molecule has 1 aliphatic rings. The van der Waals surface area contributed by atoms with Crippen LogP contribution in [0.5, 0.6) is 0 Å². The molecule has 0 heterocycles. The van der Waals surface area contributed by atoms with E-state index in [9.17, 15) is 19.1 Å². The Kier molecular flexibility index (Phi) is 4.41. The van der Waals surface area contributed by atoms with Crippen molar-refractivity contribution in [2.45, 2.75) is 25.7 Å². The second-order valence-electron chi connectivity index (χ2n) is 6.27. The van der Waals surface area contributed by atoms with Crippen LogP contribution in [0.3, 0.4) is 0 Å². The maximum absolute atomic E-state index is 13.9. The molecule has 24 heavy (non-hydrogen) atoms. The van der Waals surface area contributed by atoms with E-state index in [-0.39, 0.29) is 23.6 Å². The van der Waals surface area contributed by atoms with E-state index in [4.69, 9.17) is 11.6 Å². The molecule has 2 aromatic rings. The van der Waals surface area contributed by atoms with Gasteiger partial charge in [-0.15, -0.1) is 0 Å². The summed E-state index contributed by atoms with van der Waals surface area (Å²) in [7, 11) is 0. The molecule has 5 heteroatoms. The summed E-state index contributed by atoms with van der Waals surface area (Å²) in [4.78, 5) is 23.6. The number of benzene rings is 2. The van der Waals surface area contributed by atoms with Gasteiger partial charge in [0.05, 0.1) is 10.4 Å².